The van der Waals surface area contributed by atoms with Crippen molar-refractivity contribution in [2.24, 2.45) is 7.05 Å². The minimum Gasteiger partial charge on any atom is -0.275 e. The Kier molecular flexibility index (Phi) is 2.59. The van der Waals surface area contributed by atoms with E-state index in [0.717, 1.165) is 0 Å². The van der Waals surface area contributed by atoms with Crippen LogP contribution < -0.4 is 0 Å². The lowest BCUT2D eigenvalue weighted by Crippen LogP contribution is -1.84. The molecule has 0 fully saturated rings. The number of thioether (sulfide) groups is 1. The Hall–Kier alpha value is -1.22. The first kappa shape index (κ1) is 9.34. The van der Waals surface area contributed by atoms with Gasteiger partial charge in [-0.15, -0.1) is 11.8 Å². The van der Waals surface area contributed by atoms with Crippen LogP contribution in [0.25, 0.3) is 11.1 Å². The van der Waals surface area contributed by atoms with E-state index in [2.05, 4.69) is 35.6 Å². The van der Waals surface area contributed by atoms with Gasteiger partial charge in [0.1, 0.15) is 0 Å². The van der Waals surface area contributed by atoms with Gasteiger partial charge in [0.05, 0.1) is 6.20 Å². The molecule has 0 spiro atoms. The number of aromatic nitrogens is 2. The summed E-state index contributed by atoms with van der Waals surface area (Å²) in [5.41, 5.74) is 2.39. The summed E-state index contributed by atoms with van der Waals surface area (Å²) in [6.45, 7) is 0. The first-order valence-electron chi connectivity index (χ1n) is 4.42. The van der Waals surface area contributed by atoms with Crippen LogP contribution in [0.1, 0.15) is 0 Å². The summed E-state index contributed by atoms with van der Waals surface area (Å²) in [6, 6.07) is 8.52. The highest BCUT2D eigenvalue weighted by atomic mass is 32.2. The minimum atomic E-state index is 1.17. The summed E-state index contributed by atoms with van der Waals surface area (Å²) in [7, 11) is 1.93. The molecule has 0 aliphatic carbocycles. The van der Waals surface area contributed by atoms with Crippen LogP contribution in [0, 0.1) is 0 Å². The van der Waals surface area contributed by atoms with E-state index in [1.807, 2.05) is 24.1 Å². The Labute approximate surface area is 87.9 Å². The van der Waals surface area contributed by atoms with Crippen LogP contribution in [0.5, 0.6) is 0 Å². The zero-order valence-electron chi connectivity index (χ0n) is 8.27. The molecule has 72 valence electrons. The molecule has 0 N–H and O–H groups in total. The highest BCUT2D eigenvalue weighted by molar-refractivity contribution is 7.98. The van der Waals surface area contributed by atoms with Crippen molar-refractivity contribution >= 4 is 11.8 Å². The van der Waals surface area contributed by atoms with Crippen molar-refractivity contribution in [3.63, 3.8) is 0 Å². The number of aryl methyl sites for hydroxylation is 1. The maximum Gasteiger partial charge on any atom is 0.0568 e. The molecule has 0 amide bonds. The molecule has 14 heavy (non-hydrogen) atoms. The smallest absolute Gasteiger partial charge is 0.0568 e. The molecular weight excluding hydrogens is 192 g/mol. The number of benzene rings is 1. The quantitative estimate of drug-likeness (QED) is 0.700. The predicted octanol–water partition coefficient (Wildman–Crippen LogP) is 2.81. The molecule has 0 aliphatic heterocycles. The molecule has 0 saturated heterocycles. The van der Waals surface area contributed by atoms with E-state index in [9.17, 15) is 0 Å². The van der Waals surface area contributed by atoms with Crippen LogP contribution in [0.15, 0.2) is 41.6 Å². The molecule has 0 radical (unpaired) electrons. The Balaban J connectivity index is 2.33. The predicted molar refractivity (Wildman–Crippen MR) is 60.4 cm³/mol. The summed E-state index contributed by atoms with van der Waals surface area (Å²) in [4.78, 5) is 1.29. The summed E-state index contributed by atoms with van der Waals surface area (Å²) >= 11 is 1.76. The largest absolute Gasteiger partial charge is 0.275 e. The third-order valence-electron chi connectivity index (χ3n) is 2.13. The molecule has 1 aromatic carbocycles. The Morgan fingerprint density at radius 2 is 1.86 bits per heavy atom. The average Bonchev–Trinajstić information content (AvgIpc) is 2.65. The zero-order valence-corrected chi connectivity index (χ0v) is 9.08. The number of hydrogen-bond acceptors (Lipinski definition) is 2. The fourth-order valence-electron chi connectivity index (χ4n) is 1.35. The van der Waals surface area contributed by atoms with E-state index >= 15 is 0 Å². The second-order valence-electron chi connectivity index (χ2n) is 3.13. The monoisotopic (exact) mass is 204 g/mol. The van der Waals surface area contributed by atoms with Gasteiger partial charge < -0.3 is 0 Å². The van der Waals surface area contributed by atoms with Crippen molar-refractivity contribution in [3.05, 3.63) is 36.7 Å². The topological polar surface area (TPSA) is 17.8 Å². The van der Waals surface area contributed by atoms with Gasteiger partial charge in [-0.3, -0.25) is 4.68 Å². The van der Waals surface area contributed by atoms with E-state index in [0.29, 0.717) is 0 Å². The molecule has 3 heteroatoms. The van der Waals surface area contributed by atoms with E-state index in [-0.39, 0.29) is 0 Å². The van der Waals surface area contributed by atoms with Gasteiger partial charge in [-0.2, -0.15) is 5.10 Å². The van der Waals surface area contributed by atoms with Gasteiger partial charge in [-0.1, -0.05) is 12.1 Å². The number of hydrogen-bond donors (Lipinski definition) is 0. The second kappa shape index (κ2) is 3.88. The summed E-state index contributed by atoms with van der Waals surface area (Å²) in [6.07, 6.45) is 5.99. The maximum atomic E-state index is 4.15. The molecule has 2 rings (SSSR count). The third-order valence-corrected chi connectivity index (χ3v) is 2.87. The first-order chi connectivity index (χ1) is 6.79. The maximum absolute atomic E-state index is 4.15. The van der Waals surface area contributed by atoms with Crippen LogP contribution in [0.4, 0.5) is 0 Å². The lowest BCUT2D eigenvalue weighted by atomic mass is 10.1. The highest BCUT2D eigenvalue weighted by Crippen LogP contribution is 2.22. The number of rotatable bonds is 2. The second-order valence-corrected chi connectivity index (χ2v) is 4.01. The fourth-order valence-corrected chi connectivity index (χ4v) is 1.76. The van der Waals surface area contributed by atoms with Crippen molar-refractivity contribution in [2.75, 3.05) is 6.26 Å². The van der Waals surface area contributed by atoms with Crippen molar-refractivity contribution in [3.8, 4) is 11.1 Å². The van der Waals surface area contributed by atoms with Crippen LogP contribution in [0.3, 0.4) is 0 Å². The summed E-state index contributed by atoms with van der Waals surface area (Å²) in [5.74, 6) is 0. The van der Waals surface area contributed by atoms with E-state index in [1.54, 1.807) is 11.8 Å². The van der Waals surface area contributed by atoms with Gasteiger partial charge in [0.25, 0.3) is 0 Å². The molecule has 1 heterocycles. The van der Waals surface area contributed by atoms with Crippen LogP contribution in [-0.4, -0.2) is 16.0 Å². The molecule has 0 unspecified atom stereocenters. The van der Waals surface area contributed by atoms with Gasteiger partial charge in [0, 0.05) is 23.7 Å². The Morgan fingerprint density at radius 3 is 2.36 bits per heavy atom. The van der Waals surface area contributed by atoms with Crippen LogP contribution >= 0.6 is 11.8 Å². The average molecular weight is 204 g/mol. The molecule has 0 saturated carbocycles. The normalized spacial score (nSPS) is 10.4. The molecule has 0 aliphatic rings. The van der Waals surface area contributed by atoms with Crippen molar-refractivity contribution in [1.29, 1.82) is 0 Å². The third kappa shape index (κ3) is 1.82. The van der Waals surface area contributed by atoms with Crippen LogP contribution in [-0.2, 0) is 7.05 Å². The van der Waals surface area contributed by atoms with Crippen molar-refractivity contribution in [1.82, 2.24) is 9.78 Å². The minimum absolute atomic E-state index is 1.17. The van der Waals surface area contributed by atoms with Gasteiger partial charge >= 0.3 is 0 Å². The Bertz CT molecular complexity index is 417. The zero-order chi connectivity index (χ0) is 9.97. The lowest BCUT2D eigenvalue weighted by Gasteiger charge is -1.98. The standard InChI is InChI=1S/C11H12N2S/c1-13-8-10(7-12-13)9-3-5-11(14-2)6-4-9/h3-8H,1-2H3. The van der Waals surface area contributed by atoms with Gasteiger partial charge in [-0.05, 0) is 24.0 Å². The molecule has 1 aromatic heterocycles. The molecule has 0 atom stereocenters. The van der Waals surface area contributed by atoms with Gasteiger partial charge in [0.2, 0.25) is 0 Å². The van der Waals surface area contributed by atoms with E-state index < -0.39 is 0 Å². The first-order valence-corrected chi connectivity index (χ1v) is 5.65. The molecular formula is C11H12N2S. The molecule has 2 nitrogen and oxygen atoms in total. The van der Waals surface area contributed by atoms with Crippen LogP contribution in [0.2, 0.25) is 0 Å². The molecule has 0 bridgehead atoms. The summed E-state index contributed by atoms with van der Waals surface area (Å²) in [5, 5.41) is 4.15. The fraction of sp³-hybridized carbons (Fsp3) is 0.182. The number of nitrogens with zero attached hydrogens (tertiary/aromatic N) is 2. The lowest BCUT2D eigenvalue weighted by molar-refractivity contribution is 0.768. The SMILES string of the molecule is CSc1ccc(-c2cnn(C)c2)cc1. The highest BCUT2D eigenvalue weighted by Gasteiger charge is 1.99. The van der Waals surface area contributed by atoms with Gasteiger partial charge in [-0.25, -0.2) is 0 Å². The van der Waals surface area contributed by atoms with E-state index in [4.69, 9.17) is 0 Å². The van der Waals surface area contributed by atoms with E-state index in [1.165, 1.54) is 16.0 Å². The van der Waals surface area contributed by atoms with Gasteiger partial charge in [0.15, 0.2) is 0 Å². The Morgan fingerprint density at radius 1 is 1.14 bits per heavy atom. The van der Waals surface area contributed by atoms with Crippen molar-refractivity contribution < 1.29 is 0 Å². The van der Waals surface area contributed by atoms with Crippen molar-refractivity contribution in [2.45, 2.75) is 4.90 Å². The molecule has 2 aromatic rings. The summed E-state index contributed by atoms with van der Waals surface area (Å²) < 4.78 is 1.82.